The molecule has 0 saturated heterocycles. The minimum atomic E-state index is 0.202. The highest BCUT2D eigenvalue weighted by atomic mass is 16.2. The summed E-state index contributed by atoms with van der Waals surface area (Å²) < 4.78 is 0. The molecule has 0 aromatic rings. The second kappa shape index (κ2) is 15.2. The Hall–Kier alpha value is -0.890. The first kappa shape index (κ1) is 18.1. The first-order valence-electron chi connectivity index (χ1n) is 7.69. The molecule has 0 spiro atoms. The maximum atomic E-state index is 11.5. The molecule has 0 radical (unpaired) electrons. The van der Waals surface area contributed by atoms with Gasteiger partial charge in [0.1, 0.15) is 5.78 Å². The summed E-state index contributed by atoms with van der Waals surface area (Å²) in [6.07, 6.45) is 17.3. The molecular weight excluding hydrogens is 236 g/mol. The summed E-state index contributed by atoms with van der Waals surface area (Å²) in [7, 11) is 0. The molecule has 0 bridgehead atoms. The molecule has 0 aliphatic rings. The SMILES string of the molecule is C=CCCC=CCCCCCCC(=O)CCCCO. The van der Waals surface area contributed by atoms with Gasteiger partial charge in [0.25, 0.3) is 0 Å². The van der Waals surface area contributed by atoms with Gasteiger partial charge in [-0.05, 0) is 44.9 Å². The normalized spacial score (nSPS) is 11.0. The fourth-order valence-corrected chi connectivity index (χ4v) is 1.95. The minimum Gasteiger partial charge on any atom is -0.396 e. The van der Waals surface area contributed by atoms with Gasteiger partial charge in [-0.1, -0.05) is 31.1 Å². The van der Waals surface area contributed by atoms with Gasteiger partial charge in [-0.2, -0.15) is 0 Å². The van der Waals surface area contributed by atoms with Crippen LogP contribution in [0.4, 0.5) is 0 Å². The van der Waals surface area contributed by atoms with E-state index in [0.717, 1.165) is 51.4 Å². The van der Waals surface area contributed by atoms with Crippen LogP contribution in [-0.2, 0) is 4.79 Å². The number of aliphatic hydroxyl groups excluding tert-OH is 1. The number of hydrogen-bond donors (Lipinski definition) is 1. The number of unbranched alkanes of at least 4 members (excludes halogenated alkanes) is 6. The molecule has 0 atom stereocenters. The number of aliphatic hydroxyl groups is 1. The fraction of sp³-hybridized carbons (Fsp3) is 0.706. The van der Waals surface area contributed by atoms with E-state index in [0.29, 0.717) is 12.2 Å². The van der Waals surface area contributed by atoms with Gasteiger partial charge in [0.15, 0.2) is 0 Å². The molecule has 0 amide bonds. The minimum absolute atomic E-state index is 0.202. The highest BCUT2D eigenvalue weighted by Crippen LogP contribution is 2.09. The van der Waals surface area contributed by atoms with Crippen molar-refractivity contribution in [3.8, 4) is 0 Å². The van der Waals surface area contributed by atoms with Crippen molar-refractivity contribution < 1.29 is 9.90 Å². The van der Waals surface area contributed by atoms with E-state index in [9.17, 15) is 4.79 Å². The van der Waals surface area contributed by atoms with E-state index in [4.69, 9.17) is 5.11 Å². The second-order valence-corrected chi connectivity index (χ2v) is 5.01. The Balaban J connectivity index is 3.19. The third-order valence-electron chi connectivity index (χ3n) is 3.14. The van der Waals surface area contributed by atoms with E-state index in [-0.39, 0.29) is 6.61 Å². The maximum absolute atomic E-state index is 11.5. The quantitative estimate of drug-likeness (QED) is 0.369. The first-order chi connectivity index (χ1) is 9.31. The Morgan fingerprint density at radius 3 is 2.16 bits per heavy atom. The third kappa shape index (κ3) is 15.1. The fourth-order valence-electron chi connectivity index (χ4n) is 1.95. The molecule has 0 rings (SSSR count). The van der Waals surface area contributed by atoms with Gasteiger partial charge in [0.2, 0.25) is 0 Å². The molecule has 0 unspecified atom stereocenters. The predicted molar refractivity (Wildman–Crippen MR) is 82.2 cm³/mol. The van der Waals surface area contributed by atoms with Crippen molar-refractivity contribution in [3.63, 3.8) is 0 Å². The van der Waals surface area contributed by atoms with Gasteiger partial charge in [-0.15, -0.1) is 6.58 Å². The second-order valence-electron chi connectivity index (χ2n) is 5.01. The number of ketones is 1. The standard InChI is InChI=1S/C17H30O2/c1-2-3-4-5-6-7-8-9-10-11-14-17(19)15-12-13-16-18/h2,5-6,18H,1,3-4,7-16H2. The van der Waals surface area contributed by atoms with Crippen LogP contribution in [0.25, 0.3) is 0 Å². The van der Waals surface area contributed by atoms with Crippen molar-refractivity contribution in [1.29, 1.82) is 0 Å². The molecule has 19 heavy (non-hydrogen) atoms. The third-order valence-corrected chi connectivity index (χ3v) is 3.14. The van der Waals surface area contributed by atoms with E-state index in [1.54, 1.807) is 0 Å². The van der Waals surface area contributed by atoms with Crippen molar-refractivity contribution in [1.82, 2.24) is 0 Å². The monoisotopic (exact) mass is 266 g/mol. The van der Waals surface area contributed by atoms with Crippen molar-refractivity contribution in [3.05, 3.63) is 24.8 Å². The van der Waals surface area contributed by atoms with Crippen LogP contribution in [0.15, 0.2) is 24.8 Å². The average molecular weight is 266 g/mol. The van der Waals surface area contributed by atoms with E-state index in [2.05, 4.69) is 18.7 Å². The summed E-state index contributed by atoms with van der Waals surface area (Å²) in [6, 6.07) is 0. The number of carbonyl (C=O) groups is 1. The van der Waals surface area contributed by atoms with Gasteiger partial charge in [0, 0.05) is 19.4 Å². The largest absolute Gasteiger partial charge is 0.396 e. The predicted octanol–water partition coefficient (Wildman–Crippen LogP) is 4.58. The van der Waals surface area contributed by atoms with Crippen molar-refractivity contribution in [2.24, 2.45) is 0 Å². The number of Topliss-reactive ketones (excluding diaryl/α,β-unsaturated/α-hetero) is 1. The topological polar surface area (TPSA) is 37.3 Å². The Morgan fingerprint density at radius 2 is 1.47 bits per heavy atom. The van der Waals surface area contributed by atoms with Crippen LogP contribution in [0.3, 0.4) is 0 Å². The average Bonchev–Trinajstić information content (AvgIpc) is 2.41. The van der Waals surface area contributed by atoms with Crippen LogP contribution >= 0.6 is 0 Å². The van der Waals surface area contributed by atoms with Gasteiger partial charge in [0.05, 0.1) is 0 Å². The molecule has 0 saturated carbocycles. The molecular formula is C17H30O2. The zero-order valence-corrected chi connectivity index (χ0v) is 12.3. The van der Waals surface area contributed by atoms with E-state index in [1.807, 2.05) is 6.08 Å². The Morgan fingerprint density at radius 1 is 0.842 bits per heavy atom. The first-order valence-corrected chi connectivity index (χ1v) is 7.69. The molecule has 2 heteroatoms. The summed E-state index contributed by atoms with van der Waals surface area (Å²) in [5.41, 5.74) is 0. The lowest BCUT2D eigenvalue weighted by atomic mass is 10.1. The smallest absolute Gasteiger partial charge is 0.132 e. The molecule has 0 aliphatic heterocycles. The highest BCUT2D eigenvalue weighted by molar-refractivity contribution is 5.78. The lowest BCUT2D eigenvalue weighted by molar-refractivity contribution is -0.119. The maximum Gasteiger partial charge on any atom is 0.132 e. The number of allylic oxidation sites excluding steroid dienone is 3. The lowest BCUT2D eigenvalue weighted by Gasteiger charge is -2.00. The van der Waals surface area contributed by atoms with Crippen molar-refractivity contribution in [2.75, 3.05) is 6.61 Å². The highest BCUT2D eigenvalue weighted by Gasteiger charge is 2.00. The molecule has 2 nitrogen and oxygen atoms in total. The van der Waals surface area contributed by atoms with Gasteiger partial charge in [-0.25, -0.2) is 0 Å². The zero-order chi connectivity index (χ0) is 14.2. The van der Waals surface area contributed by atoms with Crippen molar-refractivity contribution in [2.45, 2.75) is 70.6 Å². The molecule has 0 aromatic heterocycles. The summed E-state index contributed by atoms with van der Waals surface area (Å²) in [5.74, 6) is 0.359. The number of carbonyl (C=O) groups excluding carboxylic acids is 1. The van der Waals surface area contributed by atoms with E-state index < -0.39 is 0 Å². The van der Waals surface area contributed by atoms with E-state index >= 15 is 0 Å². The number of hydrogen-bond acceptors (Lipinski definition) is 2. The van der Waals surface area contributed by atoms with Gasteiger partial charge in [-0.3, -0.25) is 4.79 Å². The molecule has 0 fully saturated rings. The Bertz CT molecular complexity index is 244. The van der Waals surface area contributed by atoms with Crippen LogP contribution in [0.2, 0.25) is 0 Å². The van der Waals surface area contributed by atoms with E-state index in [1.165, 1.54) is 12.8 Å². The zero-order valence-electron chi connectivity index (χ0n) is 12.3. The Kier molecular flexibility index (Phi) is 14.5. The lowest BCUT2D eigenvalue weighted by Crippen LogP contribution is -1.98. The van der Waals surface area contributed by atoms with Crippen molar-refractivity contribution >= 4 is 5.78 Å². The molecule has 110 valence electrons. The number of rotatable bonds is 14. The molecule has 0 aliphatic carbocycles. The molecule has 0 aromatic carbocycles. The van der Waals surface area contributed by atoms with Gasteiger partial charge >= 0.3 is 0 Å². The summed E-state index contributed by atoms with van der Waals surface area (Å²) in [4.78, 5) is 11.5. The summed E-state index contributed by atoms with van der Waals surface area (Å²) in [5, 5.41) is 8.62. The summed E-state index contributed by atoms with van der Waals surface area (Å²) >= 11 is 0. The molecule has 0 heterocycles. The van der Waals surface area contributed by atoms with Crippen LogP contribution in [0.1, 0.15) is 70.6 Å². The summed E-state index contributed by atoms with van der Waals surface area (Å²) in [6.45, 7) is 3.89. The van der Waals surface area contributed by atoms with Crippen LogP contribution in [-0.4, -0.2) is 17.5 Å². The van der Waals surface area contributed by atoms with Crippen LogP contribution < -0.4 is 0 Å². The molecule has 1 N–H and O–H groups in total. The van der Waals surface area contributed by atoms with Crippen LogP contribution in [0.5, 0.6) is 0 Å². The van der Waals surface area contributed by atoms with Gasteiger partial charge < -0.3 is 5.11 Å². The Labute approximate surface area is 118 Å². The van der Waals surface area contributed by atoms with Crippen LogP contribution in [0, 0.1) is 0 Å².